The molecule has 2 nitrogen and oxygen atoms in total. The number of pyridine rings is 1. The molecule has 1 saturated carbocycles. The summed E-state index contributed by atoms with van der Waals surface area (Å²) in [6, 6.07) is 4.22. The first kappa shape index (κ1) is 10.6. The second-order valence-corrected chi connectivity index (χ2v) is 4.81. The second-order valence-electron chi connectivity index (χ2n) is 4.81. The van der Waals surface area contributed by atoms with Gasteiger partial charge in [0.1, 0.15) is 0 Å². The molecule has 0 radical (unpaired) electrons. The summed E-state index contributed by atoms with van der Waals surface area (Å²) in [7, 11) is 0. The Kier molecular flexibility index (Phi) is 3.37. The molecule has 0 saturated heterocycles. The fourth-order valence-electron chi connectivity index (χ4n) is 2.73. The lowest BCUT2D eigenvalue weighted by Gasteiger charge is -2.34. The van der Waals surface area contributed by atoms with Gasteiger partial charge < -0.3 is 5.73 Å². The van der Waals surface area contributed by atoms with Crippen molar-refractivity contribution in [2.75, 3.05) is 6.54 Å². The van der Waals surface area contributed by atoms with Gasteiger partial charge in [-0.2, -0.15) is 0 Å². The first-order chi connectivity index (χ1) is 7.31. The first-order valence-corrected chi connectivity index (χ1v) is 5.91. The quantitative estimate of drug-likeness (QED) is 0.804. The molecule has 82 valence electrons. The highest BCUT2D eigenvalue weighted by Gasteiger charge is 2.28. The Balaban J connectivity index is 2.17. The number of aromatic nitrogens is 1. The Morgan fingerprint density at radius 1 is 1.47 bits per heavy atom. The van der Waals surface area contributed by atoms with E-state index in [0.717, 1.165) is 12.5 Å². The van der Waals surface area contributed by atoms with Crippen LogP contribution < -0.4 is 5.73 Å². The fraction of sp³-hybridized carbons (Fsp3) is 0.615. The highest BCUT2D eigenvalue weighted by molar-refractivity contribution is 5.16. The van der Waals surface area contributed by atoms with Crippen LogP contribution in [0.4, 0.5) is 0 Å². The molecular weight excluding hydrogens is 184 g/mol. The Bertz CT molecular complexity index is 297. The van der Waals surface area contributed by atoms with Crippen LogP contribution in [0, 0.1) is 11.8 Å². The van der Waals surface area contributed by atoms with E-state index < -0.39 is 0 Å². The molecule has 1 aromatic rings. The molecule has 3 atom stereocenters. The molecular formula is C13H20N2. The van der Waals surface area contributed by atoms with Crippen molar-refractivity contribution in [2.24, 2.45) is 17.6 Å². The van der Waals surface area contributed by atoms with Gasteiger partial charge in [-0.1, -0.05) is 19.4 Å². The SMILES string of the molecule is CC1CCC(CN)C(c2cccnc2)C1. The van der Waals surface area contributed by atoms with Crippen LogP contribution in [0.2, 0.25) is 0 Å². The maximum absolute atomic E-state index is 5.86. The van der Waals surface area contributed by atoms with Crippen molar-refractivity contribution in [3.05, 3.63) is 30.1 Å². The van der Waals surface area contributed by atoms with Gasteiger partial charge in [0.15, 0.2) is 0 Å². The summed E-state index contributed by atoms with van der Waals surface area (Å²) in [6.45, 7) is 3.16. The lowest BCUT2D eigenvalue weighted by Crippen LogP contribution is -2.28. The van der Waals surface area contributed by atoms with Crippen LogP contribution in [0.3, 0.4) is 0 Å². The minimum absolute atomic E-state index is 0.632. The van der Waals surface area contributed by atoms with Crippen molar-refractivity contribution in [1.29, 1.82) is 0 Å². The molecule has 1 fully saturated rings. The highest BCUT2D eigenvalue weighted by Crippen LogP contribution is 2.39. The van der Waals surface area contributed by atoms with Crippen molar-refractivity contribution in [2.45, 2.75) is 32.1 Å². The van der Waals surface area contributed by atoms with E-state index in [1.807, 2.05) is 18.5 Å². The molecule has 2 rings (SSSR count). The molecule has 1 heterocycles. The average molecular weight is 204 g/mol. The Labute approximate surface area is 91.9 Å². The highest BCUT2D eigenvalue weighted by atomic mass is 14.6. The number of hydrogen-bond donors (Lipinski definition) is 1. The van der Waals surface area contributed by atoms with Gasteiger partial charge >= 0.3 is 0 Å². The predicted molar refractivity (Wildman–Crippen MR) is 62.5 cm³/mol. The molecule has 2 heteroatoms. The van der Waals surface area contributed by atoms with Gasteiger partial charge in [-0.25, -0.2) is 0 Å². The molecule has 1 aliphatic rings. The van der Waals surface area contributed by atoms with Gasteiger partial charge in [-0.15, -0.1) is 0 Å². The molecule has 0 spiro atoms. The van der Waals surface area contributed by atoms with Crippen LogP contribution in [-0.2, 0) is 0 Å². The second kappa shape index (κ2) is 4.75. The summed E-state index contributed by atoms with van der Waals surface area (Å²) in [6.07, 6.45) is 7.72. The molecule has 0 aliphatic heterocycles. The van der Waals surface area contributed by atoms with Crippen molar-refractivity contribution in [3.63, 3.8) is 0 Å². The number of nitrogens with zero attached hydrogens (tertiary/aromatic N) is 1. The monoisotopic (exact) mass is 204 g/mol. The van der Waals surface area contributed by atoms with Gasteiger partial charge in [-0.05, 0) is 48.8 Å². The third-order valence-electron chi connectivity index (χ3n) is 3.67. The zero-order valence-electron chi connectivity index (χ0n) is 9.39. The van der Waals surface area contributed by atoms with Crippen molar-refractivity contribution < 1.29 is 0 Å². The molecule has 0 aromatic carbocycles. The maximum atomic E-state index is 5.86. The molecule has 2 N–H and O–H groups in total. The van der Waals surface area contributed by atoms with Crippen LogP contribution in [0.5, 0.6) is 0 Å². The fourth-order valence-corrected chi connectivity index (χ4v) is 2.73. The lowest BCUT2D eigenvalue weighted by molar-refractivity contribution is 0.253. The summed E-state index contributed by atoms with van der Waals surface area (Å²) in [5.41, 5.74) is 7.23. The van der Waals surface area contributed by atoms with Gasteiger partial charge in [0.25, 0.3) is 0 Å². The first-order valence-electron chi connectivity index (χ1n) is 5.91. The molecule has 1 aliphatic carbocycles. The minimum Gasteiger partial charge on any atom is -0.330 e. The summed E-state index contributed by atoms with van der Waals surface area (Å²) in [4.78, 5) is 4.21. The Morgan fingerprint density at radius 2 is 2.33 bits per heavy atom. The van der Waals surface area contributed by atoms with E-state index in [2.05, 4.69) is 18.0 Å². The standard InChI is InChI=1S/C13H20N2/c1-10-4-5-11(8-14)13(7-10)12-3-2-6-15-9-12/h2-3,6,9-11,13H,4-5,7-8,14H2,1H3. The van der Waals surface area contributed by atoms with E-state index in [4.69, 9.17) is 5.73 Å². The molecule has 0 amide bonds. The smallest absolute Gasteiger partial charge is 0.0302 e. The Hall–Kier alpha value is -0.890. The minimum atomic E-state index is 0.632. The molecule has 15 heavy (non-hydrogen) atoms. The zero-order valence-corrected chi connectivity index (χ0v) is 9.39. The van der Waals surface area contributed by atoms with E-state index >= 15 is 0 Å². The maximum Gasteiger partial charge on any atom is 0.0302 e. The third-order valence-corrected chi connectivity index (χ3v) is 3.67. The van der Waals surface area contributed by atoms with Gasteiger partial charge in [0, 0.05) is 12.4 Å². The van der Waals surface area contributed by atoms with Crippen molar-refractivity contribution >= 4 is 0 Å². The largest absolute Gasteiger partial charge is 0.330 e. The third kappa shape index (κ3) is 2.37. The van der Waals surface area contributed by atoms with Gasteiger partial charge in [0.05, 0.1) is 0 Å². The van der Waals surface area contributed by atoms with Gasteiger partial charge in [0.2, 0.25) is 0 Å². The molecule has 1 aromatic heterocycles. The van der Waals surface area contributed by atoms with Crippen LogP contribution in [0.15, 0.2) is 24.5 Å². The van der Waals surface area contributed by atoms with Crippen LogP contribution >= 0.6 is 0 Å². The number of nitrogens with two attached hydrogens (primary N) is 1. The van der Waals surface area contributed by atoms with E-state index in [-0.39, 0.29) is 0 Å². The van der Waals surface area contributed by atoms with Crippen molar-refractivity contribution in [1.82, 2.24) is 4.98 Å². The number of rotatable bonds is 2. The average Bonchev–Trinajstić information content (AvgIpc) is 2.30. The van der Waals surface area contributed by atoms with E-state index in [9.17, 15) is 0 Å². The van der Waals surface area contributed by atoms with E-state index in [0.29, 0.717) is 11.8 Å². The van der Waals surface area contributed by atoms with Crippen LogP contribution in [-0.4, -0.2) is 11.5 Å². The number of hydrogen-bond acceptors (Lipinski definition) is 2. The topological polar surface area (TPSA) is 38.9 Å². The molecule has 3 unspecified atom stereocenters. The Morgan fingerprint density at radius 3 is 3.00 bits per heavy atom. The zero-order chi connectivity index (χ0) is 10.7. The predicted octanol–water partition coefficient (Wildman–Crippen LogP) is 2.56. The molecule has 0 bridgehead atoms. The van der Waals surface area contributed by atoms with Crippen molar-refractivity contribution in [3.8, 4) is 0 Å². The normalized spacial score (nSPS) is 31.5. The summed E-state index contributed by atoms with van der Waals surface area (Å²) in [5, 5.41) is 0. The van der Waals surface area contributed by atoms with Crippen LogP contribution in [0.25, 0.3) is 0 Å². The lowest BCUT2D eigenvalue weighted by atomic mass is 9.72. The summed E-state index contributed by atoms with van der Waals surface area (Å²) < 4.78 is 0. The van der Waals surface area contributed by atoms with Crippen LogP contribution in [0.1, 0.15) is 37.7 Å². The van der Waals surface area contributed by atoms with E-state index in [1.54, 1.807) is 0 Å². The van der Waals surface area contributed by atoms with Gasteiger partial charge in [-0.3, -0.25) is 4.98 Å². The summed E-state index contributed by atoms with van der Waals surface area (Å²) in [5.74, 6) is 2.12. The van der Waals surface area contributed by atoms with E-state index in [1.165, 1.54) is 24.8 Å². The summed E-state index contributed by atoms with van der Waals surface area (Å²) >= 11 is 0.